The SMILES string of the molecule is COc1cc(/C=C2\SC(=O)N(CC(=O)Nc3ccc(C)c(C)c3)C2=O)ccc1O. The first kappa shape index (κ1) is 20.5. The Hall–Kier alpha value is -3.26. The van der Waals surface area contributed by atoms with E-state index in [1.54, 1.807) is 18.2 Å². The van der Waals surface area contributed by atoms with Crippen LogP contribution in [0.5, 0.6) is 11.5 Å². The standard InChI is InChI=1S/C21H20N2O5S/c1-12-4-6-15(8-13(12)2)22-19(25)11-23-20(26)18(29-21(23)27)10-14-5-7-16(24)17(9-14)28-3/h4-10,24H,11H2,1-3H3,(H,22,25)/b18-10-. The number of imide groups is 1. The van der Waals surface area contributed by atoms with E-state index in [9.17, 15) is 19.5 Å². The number of thioether (sulfide) groups is 1. The van der Waals surface area contributed by atoms with Crippen LogP contribution in [0.4, 0.5) is 10.5 Å². The molecule has 8 heteroatoms. The van der Waals surface area contributed by atoms with Crippen LogP contribution in [0.25, 0.3) is 6.08 Å². The molecule has 0 aromatic heterocycles. The molecule has 3 rings (SSSR count). The predicted molar refractivity (Wildman–Crippen MR) is 112 cm³/mol. The number of hydrogen-bond acceptors (Lipinski definition) is 6. The zero-order valence-electron chi connectivity index (χ0n) is 16.2. The van der Waals surface area contributed by atoms with Gasteiger partial charge in [-0.1, -0.05) is 12.1 Å². The van der Waals surface area contributed by atoms with Gasteiger partial charge < -0.3 is 15.2 Å². The lowest BCUT2D eigenvalue weighted by atomic mass is 10.1. The molecule has 1 aliphatic rings. The maximum atomic E-state index is 12.6. The van der Waals surface area contributed by atoms with Gasteiger partial charge in [0, 0.05) is 5.69 Å². The van der Waals surface area contributed by atoms with Gasteiger partial charge in [-0.15, -0.1) is 0 Å². The van der Waals surface area contributed by atoms with Crippen molar-refractivity contribution in [3.05, 3.63) is 58.0 Å². The highest BCUT2D eigenvalue weighted by molar-refractivity contribution is 8.18. The number of amides is 3. The van der Waals surface area contributed by atoms with Crippen LogP contribution >= 0.6 is 11.8 Å². The molecule has 0 radical (unpaired) electrons. The average Bonchev–Trinajstić information content (AvgIpc) is 2.93. The molecule has 0 saturated carbocycles. The van der Waals surface area contributed by atoms with Crippen LogP contribution in [0.15, 0.2) is 41.3 Å². The van der Waals surface area contributed by atoms with E-state index >= 15 is 0 Å². The molecule has 0 spiro atoms. The van der Waals surface area contributed by atoms with Crippen LogP contribution in [0, 0.1) is 13.8 Å². The molecule has 0 aliphatic carbocycles. The quantitative estimate of drug-likeness (QED) is 0.727. The molecule has 2 aromatic carbocycles. The minimum Gasteiger partial charge on any atom is -0.504 e. The van der Waals surface area contributed by atoms with Crippen molar-refractivity contribution < 1.29 is 24.2 Å². The maximum absolute atomic E-state index is 12.6. The van der Waals surface area contributed by atoms with Crippen molar-refractivity contribution in [1.29, 1.82) is 0 Å². The van der Waals surface area contributed by atoms with E-state index in [2.05, 4.69) is 5.32 Å². The molecule has 3 amide bonds. The smallest absolute Gasteiger partial charge is 0.294 e. The number of phenols is 1. The van der Waals surface area contributed by atoms with Crippen molar-refractivity contribution in [2.75, 3.05) is 19.0 Å². The van der Waals surface area contributed by atoms with Gasteiger partial charge in [0.2, 0.25) is 5.91 Å². The number of rotatable bonds is 5. The van der Waals surface area contributed by atoms with E-state index < -0.39 is 17.1 Å². The number of methoxy groups -OCH3 is 1. The van der Waals surface area contributed by atoms with Gasteiger partial charge in [-0.2, -0.15) is 0 Å². The molecule has 1 saturated heterocycles. The van der Waals surface area contributed by atoms with Crippen molar-refractivity contribution in [3.8, 4) is 11.5 Å². The van der Waals surface area contributed by atoms with Crippen molar-refractivity contribution in [2.45, 2.75) is 13.8 Å². The summed E-state index contributed by atoms with van der Waals surface area (Å²) < 4.78 is 5.04. The van der Waals surface area contributed by atoms with Gasteiger partial charge in [0.25, 0.3) is 11.1 Å². The lowest BCUT2D eigenvalue weighted by Gasteiger charge is -2.13. The summed E-state index contributed by atoms with van der Waals surface area (Å²) in [7, 11) is 1.42. The number of anilines is 1. The number of carbonyl (C=O) groups is 3. The molecule has 2 aromatic rings. The Morgan fingerprint density at radius 1 is 1.17 bits per heavy atom. The van der Waals surface area contributed by atoms with Gasteiger partial charge in [0.05, 0.1) is 12.0 Å². The third-order valence-corrected chi connectivity index (χ3v) is 5.37. The zero-order chi connectivity index (χ0) is 21.1. The fourth-order valence-electron chi connectivity index (χ4n) is 2.73. The Morgan fingerprint density at radius 3 is 2.62 bits per heavy atom. The molecule has 1 fully saturated rings. The van der Waals surface area contributed by atoms with E-state index in [4.69, 9.17) is 4.74 Å². The van der Waals surface area contributed by atoms with Crippen LogP contribution in [0.1, 0.15) is 16.7 Å². The third kappa shape index (κ3) is 4.60. The Kier molecular flexibility index (Phi) is 5.93. The molecule has 29 heavy (non-hydrogen) atoms. The second kappa shape index (κ2) is 8.40. The summed E-state index contributed by atoms with van der Waals surface area (Å²) in [5, 5.41) is 11.9. The molecule has 7 nitrogen and oxygen atoms in total. The minimum absolute atomic E-state index is 0.0271. The first-order valence-corrected chi connectivity index (χ1v) is 9.59. The number of nitrogens with zero attached hydrogens (tertiary/aromatic N) is 1. The summed E-state index contributed by atoms with van der Waals surface area (Å²) in [6.07, 6.45) is 1.52. The minimum atomic E-state index is -0.540. The van der Waals surface area contributed by atoms with Crippen LogP contribution < -0.4 is 10.1 Å². The summed E-state index contributed by atoms with van der Waals surface area (Å²) >= 11 is 0.762. The van der Waals surface area contributed by atoms with Gasteiger partial charge in [-0.3, -0.25) is 19.3 Å². The second-order valence-corrected chi connectivity index (χ2v) is 7.54. The van der Waals surface area contributed by atoms with E-state index in [0.717, 1.165) is 27.8 Å². The highest BCUT2D eigenvalue weighted by atomic mass is 32.2. The van der Waals surface area contributed by atoms with Crippen molar-refractivity contribution >= 4 is 40.6 Å². The van der Waals surface area contributed by atoms with Crippen LogP contribution in [-0.2, 0) is 9.59 Å². The molecule has 1 aliphatic heterocycles. The third-order valence-electron chi connectivity index (χ3n) is 4.47. The highest BCUT2D eigenvalue weighted by Gasteiger charge is 2.36. The molecule has 0 bridgehead atoms. The zero-order valence-corrected chi connectivity index (χ0v) is 17.0. The topological polar surface area (TPSA) is 95.9 Å². The largest absolute Gasteiger partial charge is 0.504 e. The Labute approximate surface area is 172 Å². The fraction of sp³-hybridized carbons (Fsp3) is 0.190. The number of benzene rings is 2. The lowest BCUT2D eigenvalue weighted by Crippen LogP contribution is -2.36. The van der Waals surface area contributed by atoms with Crippen LogP contribution in [0.2, 0.25) is 0 Å². The molecule has 0 atom stereocenters. The molecular weight excluding hydrogens is 392 g/mol. The Bertz CT molecular complexity index is 1030. The number of phenolic OH excluding ortho intramolecular Hbond substituents is 1. The number of hydrogen-bond donors (Lipinski definition) is 2. The van der Waals surface area contributed by atoms with Crippen molar-refractivity contribution in [1.82, 2.24) is 4.90 Å². The normalized spacial score (nSPS) is 15.1. The van der Waals surface area contributed by atoms with E-state index in [1.807, 2.05) is 26.0 Å². The Morgan fingerprint density at radius 2 is 1.93 bits per heavy atom. The lowest BCUT2D eigenvalue weighted by molar-refractivity contribution is -0.127. The summed E-state index contributed by atoms with van der Waals surface area (Å²) in [6.45, 7) is 3.54. The molecule has 2 N–H and O–H groups in total. The van der Waals surface area contributed by atoms with E-state index in [1.165, 1.54) is 19.3 Å². The molecule has 150 valence electrons. The number of aryl methyl sites for hydroxylation is 2. The monoisotopic (exact) mass is 412 g/mol. The van der Waals surface area contributed by atoms with Crippen molar-refractivity contribution in [3.63, 3.8) is 0 Å². The number of nitrogens with one attached hydrogen (secondary N) is 1. The summed E-state index contributed by atoms with van der Waals surface area (Å²) in [5.41, 5.74) is 3.33. The summed E-state index contributed by atoms with van der Waals surface area (Å²) in [4.78, 5) is 38.2. The first-order chi connectivity index (χ1) is 13.8. The predicted octanol–water partition coefficient (Wildman–Crippen LogP) is 3.69. The number of carbonyl (C=O) groups excluding carboxylic acids is 3. The van der Waals surface area contributed by atoms with Crippen LogP contribution in [0.3, 0.4) is 0 Å². The van der Waals surface area contributed by atoms with Gasteiger partial charge in [0.15, 0.2) is 11.5 Å². The van der Waals surface area contributed by atoms with Gasteiger partial charge >= 0.3 is 0 Å². The number of aromatic hydroxyl groups is 1. The van der Waals surface area contributed by atoms with Gasteiger partial charge in [-0.25, -0.2) is 0 Å². The Balaban J connectivity index is 1.71. The molecular formula is C21H20N2O5S. The average molecular weight is 412 g/mol. The van der Waals surface area contributed by atoms with E-state index in [0.29, 0.717) is 11.3 Å². The molecule has 1 heterocycles. The van der Waals surface area contributed by atoms with Gasteiger partial charge in [0.1, 0.15) is 6.54 Å². The number of ether oxygens (including phenoxy) is 1. The fourth-order valence-corrected chi connectivity index (χ4v) is 3.57. The van der Waals surface area contributed by atoms with Crippen molar-refractivity contribution in [2.24, 2.45) is 0 Å². The summed E-state index contributed by atoms with van der Waals surface area (Å²) in [6, 6.07) is 10.1. The maximum Gasteiger partial charge on any atom is 0.294 e. The van der Waals surface area contributed by atoms with E-state index in [-0.39, 0.29) is 22.9 Å². The van der Waals surface area contributed by atoms with Gasteiger partial charge in [-0.05, 0) is 72.6 Å². The van der Waals surface area contributed by atoms with Crippen LogP contribution in [-0.4, -0.2) is 40.7 Å². The highest BCUT2D eigenvalue weighted by Crippen LogP contribution is 2.34. The first-order valence-electron chi connectivity index (χ1n) is 8.78. The molecule has 0 unspecified atom stereocenters. The summed E-state index contributed by atoms with van der Waals surface area (Å²) in [5.74, 6) is -0.767. The second-order valence-electron chi connectivity index (χ2n) is 6.55.